The number of carbonyl (C=O) groups is 1. The molecule has 0 spiro atoms. The van der Waals surface area contributed by atoms with Gasteiger partial charge in [-0.25, -0.2) is 0 Å². The number of rotatable bonds is 1. The lowest BCUT2D eigenvalue weighted by Gasteiger charge is -2.17. The van der Waals surface area contributed by atoms with E-state index in [4.69, 9.17) is 0 Å². The van der Waals surface area contributed by atoms with Crippen LogP contribution in [0.3, 0.4) is 0 Å². The summed E-state index contributed by atoms with van der Waals surface area (Å²) in [6, 6.07) is 4.23. The first-order valence-electron chi connectivity index (χ1n) is 4.97. The van der Waals surface area contributed by atoms with Crippen LogP contribution in [-0.2, 0) is 11.2 Å². The van der Waals surface area contributed by atoms with Crippen molar-refractivity contribution in [2.24, 2.45) is 0 Å². The maximum Gasteiger partial charge on any atom is 0.146 e. The molecule has 1 aromatic rings. The van der Waals surface area contributed by atoms with Gasteiger partial charge in [-0.05, 0) is 60.6 Å². The van der Waals surface area contributed by atoms with Gasteiger partial charge in [-0.3, -0.25) is 4.79 Å². The van der Waals surface area contributed by atoms with Gasteiger partial charge in [-0.2, -0.15) is 0 Å². The minimum atomic E-state index is 0.890. The van der Waals surface area contributed by atoms with Crippen LogP contribution in [0.5, 0.6) is 0 Å². The molecular weight excluding hydrogens is 172 g/mol. The van der Waals surface area contributed by atoms with E-state index >= 15 is 0 Å². The van der Waals surface area contributed by atoms with Crippen LogP contribution in [0.2, 0.25) is 0 Å². The van der Waals surface area contributed by atoms with E-state index in [0.717, 1.165) is 24.7 Å². The number of fused-ring (bicyclic) bond motifs is 1. The highest BCUT2D eigenvalue weighted by Gasteiger charge is 2.12. The SMILES string of the molecule is Cc1ccc2c(c1C)CCC(C=O)=C2. The molecule has 14 heavy (non-hydrogen) atoms. The Morgan fingerprint density at radius 2 is 2.00 bits per heavy atom. The van der Waals surface area contributed by atoms with Crippen LogP contribution >= 0.6 is 0 Å². The predicted octanol–water partition coefficient (Wildman–Crippen LogP) is 2.83. The third-order valence-corrected chi connectivity index (χ3v) is 3.06. The van der Waals surface area contributed by atoms with Gasteiger partial charge in [-0.1, -0.05) is 12.1 Å². The third-order valence-electron chi connectivity index (χ3n) is 3.06. The van der Waals surface area contributed by atoms with E-state index in [1.54, 1.807) is 0 Å². The molecule has 0 N–H and O–H groups in total. The minimum Gasteiger partial charge on any atom is -0.298 e. The zero-order chi connectivity index (χ0) is 10.1. The monoisotopic (exact) mass is 186 g/mol. The molecule has 1 aliphatic rings. The summed E-state index contributed by atoms with van der Waals surface area (Å²) in [5, 5.41) is 0. The van der Waals surface area contributed by atoms with Crippen LogP contribution in [0.4, 0.5) is 0 Å². The van der Waals surface area contributed by atoms with Gasteiger partial charge in [0.15, 0.2) is 0 Å². The number of benzene rings is 1. The van der Waals surface area contributed by atoms with Gasteiger partial charge in [0.05, 0.1) is 0 Å². The number of aldehydes is 1. The molecule has 72 valence electrons. The maximum atomic E-state index is 10.7. The summed E-state index contributed by atoms with van der Waals surface area (Å²) in [6.45, 7) is 4.29. The van der Waals surface area contributed by atoms with Gasteiger partial charge in [0.2, 0.25) is 0 Å². The van der Waals surface area contributed by atoms with Gasteiger partial charge >= 0.3 is 0 Å². The first kappa shape index (κ1) is 9.20. The second-order valence-corrected chi connectivity index (χ2v) is 3.91. The van der Waals surface area contributed by atoms with Crippen LogP contribution in [-0.4, -0.2) is 6.29 Å². The van der Waals surface area contributed by atoms with Crippen molar-refractivity contribution >= 4 is 12.4 Å². The molecule has 0 fully saturated rings. The second-order valence-electron chi connectivity index (χ2n) is 3.91. The molecule has 0 amide bonds. The Hall–Kier alpha value is -1.37. The Morgan fingerprint density at radius 1 is 1.21 bits per heavy atom. The number of hydrogen-bond acceptors (Lipinski definition) is 1. The Bertz CT molecular complexity index is 413. The molecule has 1 nitrogen and oxygen atoms in total. The number of aryl methyl sites for hydroxylation is 1. The summed E-state index contributed by atoms with van der Waals surface area (Å²) in [5.74, 6) is 0. The molecule has 2 rings (SSSR count). The third kappa shape index (κ3) is 1.39. The highest BCUT2D eigenvalue weighted by molar-refractivity contribution is 5.83. The van der Waals surface area contributed by atoms with Crippen molar-refractivity contribution in [1.29, 1.82) is 0 Å². The van der Waals surface area contributed by atoms with Crippen LogP contribution in [0.15, 0.2) is 17.7 Å². The average Bonchev–Trinajstić information content (AvgIpc) is 2.23. The van der Waals surface area contributed by atoms with Gasteiger partial charge in [0.1, 0.15) is 6.29 Å². The Balaban J connectivity index is 2.57. The lowest BCUT2D eigenvalue weighted by atomic mass is 9.88. The van der Waals surface area contributed by atoms with Crippen molar-refractivity contribution < 1.29 is 4.79 Å². The summed E-state index contributed by atoms with van der Waals surface area (Å²) in [7, 11) is 0. The molecule has 0 saturated heterocycles. The molecule has 0 aliphatic heterocycles. The summed E-state index contributed by atoms with van der Waals surface area (Å²) >= 11 is 0. The van der Waals surface area contributed by atoms with E-state index in [9.17, 15) is 4.79 Å². The fourth-order valence-electron chi connectivity index (χ4n) is 2.00. The molecule has 0 bridgehead atoms. The van der Waals surface area contributed by atoms with Gasteiger partial charge in [0, 0.05) is 0 Å². The molecule has 0 aromatic heterocycles. The van der Waals surface area contributed by atoms with E-state index in [2.05, 4.69) is 26.0 Å². The molecule has 1 aromatic carbocycles. The van der Waals surface area contributed by atoms with E-state index in [1.165, 1.54) is 22.3 Å². The van der Waals surface area contributed by atoms with Crippen molar-refractivity contribution in [2.45, 2.75) is 26.7 Å². The van der Waals surface area contributed by atoms with Crippen molar-refractivity contribution in [3.63, 3.8) is 0 Å². The maximum absolute atomic E-state index is 10.7. The lowest BCUT2D eigenvalue weighted by molar-refractivity contribution is -0.105. The Labute approximate surface area is 84.5 Å². The first-order chi connectivity index (χ1) is 6.72. The summed E-state index contributed by atoms with van der Waals surface area (Å²) < 4.78 is 0. The molecule has 0 saturated carbocycles. The molecule has 0 unspecified atom stereocenters. The highest BCUT2D eigenvalue weighted by atomic mass is 16.1. The van der Waals surface area contributed by atoms with E-state index in [0.29, 0.717) is 0 Å². The van der Waals surface area contributed by atoms with Gasteiger partial charge < -0.3 is 0 Å². The van der Waals surface area contributed by atoms with Crippen LogP contribution < -0.4 is 0 Å². The number of carbonyl (C=O) groups excluding carboxylic acids is 1. The summed E-state index contributed by atoms with van der Waals surface area (Å²) in [5.41, 5.74) is 6.27. The fraction of sp³-hybridized carbons (Fsp3) is 0.308. The zero-order valence-corrected chi connectivity index (χ0v) is 8.63. The van der Waals surface area contributed by atoms with Crippen molar-refractivity contribution in [1.82, 2.24) is 0 Å². The second kappa shape index (κ2) is 3.41. The average molecular weight is 186 g/mol. The molecule has 1 heteroatoms. The minimum absolute atomic E-state index is 0.890. The van der Waals surface area contributed by atoms with Crippen LogP contribution in [0, 0.1) is 13.8 Å². The first-order valence-corrected chi connectivity index (χ1v) is 4.97. The summed E-state index contributed by atoms with van der Waals surface area (Å²) in [4.78, 5) is 10.7. The van der Waals surface area contributed by atoms with E-state index in [1.807, 2.05) is 6.08 Å². The standard InChI is InChI=1S/C13H14O/c1-9-3-5-12-7-11(8-14)4-6-13(12)10(9)2/h3,5,7-8H,4,6H2,1-2H3. The van der Waals surface area contributed by atoms with Crippen LogP contribution in [0.25, 0.3) is 6.08 Å². The highest BCUT2D eigenvalue weighted by Crippen LogP contribution is 2.27. The predicted molar refractivity (Wildman–Crippen MR) is 58.3 cm³/mol. The number of allylic oxidation sites excluding steroid dienone is 1. The van der Waals surface area contributed by atoms with Crippen LogP contribution in [0.1, 0.15) is 28.7 Å². The molecule has 0 radical (unpaired) electrons. The van der Waals surface area contributed by atoms with E-state index in [-0.39, 0.29) is 0 Å². The largest absolute Gasteiger partial charge is 0.298 e. The zero-order valence-electron chi connectivity index (χ0n) is 8.63. The van der Waals surface area contributed by atoms with Crippen molar-refractivity contribution in [3.8, 4) is 0 Å². The molecular formula is C13H14O. The number of hydrogen-bond donors (Lipinski definition) is 0. The smallest absolute Gasteiger partial charge is 0.146 e. The summed E-state index contributed by atoms with van der Waals surface area (Å²) in [6.07, 6.45) is 4.88. The Kier molecular flexibility index (Phi) is 2.24. The topological polar surface area (TPSA) is 17.1 Å². The van der Waals surface area contributed by atoms with Crippen molar-refractivity contribution in [3.05, 3.63) is 40.0 Å². The van der Waals surface area contributed by atoms with Gasteiger partial charge in [-0.15, -0.1) is 0 Å². The van der Waals surface area contributed by atoms with Crippen molar-refractivity contribution in [2.75, 3.05) is 0 Å². The normalized spacial score (nSPS) is 14.6. The fourth-order valence-corrected chi connectivity index (χ4v) is 2.00. The quantitative estimate of drug-likeness (QED) is 0.616. The molecule has 0 heterocycles. The molecule has 0 atom stereocenters. The lowest BCUT2D eigenvalue weighted by Crippen LogP contribution is -2.03. The van der Waals surface area contributed by atoms with E-state index < -0.39 is 0 Å². The Morgan fingerprint density at radius 3 is 2.71 bits per heavy atom. The molecule has 1 aliphatic carbocycles. The van der Waals surface area contributed by atoms with Gasteiger partial charge in [0.25, 0.3) is 0 Å².